The minimum Gasteiger partial charge on any atom is -0.279 e. The van der Waals surface area contributed by atoms with Gasteiger partial charge in [0.05, 0.1) is 5.56 Å². The van der Waals surface area contributed by atoms with Crippen molar-refractivity contribution in [3.8, 4) is 23.3 Å². The van der Waals surface area contributed by atoms with Crippen LogP contribution in [0, 0.1) is 23.3 Å². The van der Waals surface area contributed by atoms with Crippen LogP contribution in [0.25, 0.3) is 0 Å². The minimum absolute atomic E-state index is 0.780. The van der Waals surface area contributed by atoms with E-state index in [2.05, 4.69) is 67.1 Å². The molecule has 0 unspecified atom stereocenters. The highest BCUT2D eigenvalue weighted by molar-refractivity contribution is 6.83. The summed E-state index contributed by atoms with van der Waals surface area (Å²) in [6, 6.07) is 15.9. The molecule has 2 aromatic carbocycles. The van der Waals surface area contributed by atoms with Gasteiger partial charge < -0.3 is 0 Å². The predicted molar refractivity (Wildman–Crippen MR) is 117 cm³/mol. The minimum atomic E-state index is -1.43. The summed E-state index contributed by atoms with van der Waals surface area (Å²) in [6.07, 6.45) is 0. The Labute approximate surface area is 164 Å². The fourth-order valence-electron chi connectivity index (χ4n) is 2.22. The molecule has 0 N–H and O–H groups in total. The van der Waals surface area contributed by atoms with Crippen molar-refractivity contribution in [2.45, 2.75) is 33.5 Å². The summed E-state index contributed by atoms with van der Waals surface area (Å²) in [5.41, 5.74) is 6.98. The molecule has 0 bridgehead atoms. The first-order valence-corrected chi connectivity index (χ1v) is 12.8. The van der Waals surface area contributed by atoms with E-state index < -0.39 is 8.07 Å². The standard InChI is InChI=1S/C23H27N3Si/c1-6-26(7-2)25-24-23-15-11-10-14-22(23)17-16-20-12-8-9-13-21(20)18-19-27(3,4)5/h8-15H,6-7H2,1-5H3. The quantitative estimate of drug-likeness (QED) is 0.294. The third-order valence-electron chi connectivity index (χ3n) is 3.74. The Morgan fingerprint density at radius 2 is 1.30 bits per heavy atom. The van der Waals surface area contributed by atoms with E-state index >= 15 is 0 Å². The Hall–Kier alpha value is -2.82. The van der Waals surface area contributed by atoms with Crippen molar-refractivity contribution in [2.75, 3.05) is 13.1 Å². The van der Waals surface area contributed by atoms with Crippen LogP contribution < -0.4 is 0 Å². The molecule has 4 heteroatoms. The number of hydrogen-bond donors (Lipinski definition) is 0. The highest BCUT2D eigenvalue weighted by atomic mass is 28.3. The SMILES string of the molecule is CCN(CC)N=Nc1ccccc1C#Cc1ccccc1C#C[Si](C)(C)C. The molecule has 2 aromatic rings. The smallest absolute Gasteiger partial charge is 0.129 e. The molecule has 0 atom stereocenters. The third-order valence-corrected chi connectivity index (χ3v) is 4.62. The van der Waals surface area contributed by atoms with Gasteiger partial charge in [-0.2, -0.15) is 0 Å². The van der Waals surface area contributed by atoms with Crippen molar-refractivity contribution in [3.05, 3.63) is 65.2 Å². The Bertz CT molecular complexity index is 914. The molecule has 2 rings (SSSR count). The Morgan fingerprint density at radius 1 is 0.778 bits per heavy atom. The highest BCUT2D eigenvalue weighted by Crippen LogP contribution is 2.19. The lowest BCUT2D eigenvalue weighted by molar-refractivity contribution is 0.300. The lowest BCUT2D eigenvalue weighted by atomic mass is 10.1. The molecule has 0 aromatic heterocycles. The monoisotopic (exact) mass is 373 g/mol. The van der Waals surface area contributed by atoms with Crippen LogP contribution >= 0.6 is 0 Å². The number of benzene rings is 2. The number of hydrogen-bond acceptors (Lipinski definition) is 2. The van der Waals surface area contributed by atoms with Gasteiger partial charge in [-0.25, -0.2) is 0 Å². The molecule has 138 valence electrons. The van der Waals surface area contributed by atoms with Crippen LogP contribution in [0.4, 0.5) is 5.69 Å². The predicted octanol–water partition coefficient (Wildman–Crippen LogP) is 5.66. The first kappa shape index (κ1) is 20.5. The van der Waals surface area contributed by atoms with E-state index in [1.807, 2.05) is 53.5 Å². The Kier molecular flexibility index (Phi) is 7.41. The van der Waals surface area contributed by atoms with Crippen molar-refractivity contribution < 1.29 is 0 Å². The molecule has 0 amide bonds. The van der Waals surface area contributed by atoms with Gasteiger partial charge >= 0.3 is 0 Å². The van der Waals surface area contributed by atoms with E-state index in [0.29, 0.717) is 0 Å². The van der Waals surface area contributed by atoms with Crippen molar-refractivity contribution in [3.63, 3.8) is 0 Å². The van der Waals surface area contributed by atoms with Crippen LogP contribution in [0.2, 0.25) is 19.6 Å². The van der Waals surface area contributed by atoms with E-state index in [4.69, 9.17) is 0 Å². The van der Waals surface area contributed by atoms with Gasteiger partial charge in [0.25, 0.3) is 0 Å². The van der Waals surface area contributed by atoms with Gasteiger partial charge in [-0.15, -0.1) is 10.7 Å². The molecule has 27 heavy (non-hydrogen) atoms. The van der Waals surface area contributed by atoms with Gasteiger partial charge in [-0.3, -0.25) is 5.01 Å². The fourth-order valence-corrected chi connectivity index (χ4v) is 2.73. The first-order chi connectivity index (χ1) is 12.9. The zero-order valence-electron chi connectivity index (χ0n) is 16.9. The average Bonchev–Trinajstić information content (AvgIpc) is 2.66. The summed E-state index contributed by atoms with van der Waals surface area (Å²) in [4.78, 5) is 0. The second-order valence-electron chi connectivity index (χ2n) is 7.14. The highest BCUT2D eigenvalue weighted by Gasteiger charge is 2.08. The summed E-state index contributed by atoms with van der Waals surface area (Å²) < 4.78 is 0. The number of rotatable bonds is 4. The van der Waals surface area contributed by atoms with Gasteiger partial charge in [0.15, 0.2) is 0 Å². The molecular weight excluding hydrogens is 346 g/mol. The van der Waals surface area contributed by atoms with Gasteiger partial charge in [-0.05, 0) is 38.1 Å². The zero-order chi connectivity index (χ0) is 19.7. The zero-order valence-corrected chi connectivity index (χ0v) is 17.9. The van der Waals surface area contributed by atoms with Crippen LogP contribution in [0.3, 0.4) is 0 Å². The van der Waals surface area contributed by atoms with E-state index in [1.54, 1.807) is 0 Å². The summed E-state index contributed by atoms with van der Waals surface area (Å²) in [7, 11) is -1.43. The van der Waals surface area contributed by atoms with Crippen LogP contribution in [0.5, 0.6) is 0 Å². The molecule has 0 saturated carbocycles. The second kappa shape index (κ2) is 9.76. The van der Waals surface area contributed by atoms with E-state index in [1.165, 1.54) is 0 Å². The lowest BCUT2D eigenvalue weighted by Crippen LogP contribution is -2.16. The van der Waals surface area contributed by atoms with Crippen LogP contribution in [-0.4, -0.2) is 26.2 Å². The third kappa shape index (κ3) is 6.77. The van der Waals surface area contributed by atoms with E-state index in [0.717, 1.165) is 35.5 Å². The Morgan fingerprint density at radius 3 is 1.89 bits per heavy atom. The largest absolute Gasteiger partial charge is 0.279 e. The molecule has 0 aliphatic carbocycles. The van der Waals surface area contributed by atoms with Crippen LogP contribution in [0.1, 0.15) is 30.5 Å². The van der Waals surface area contributed by atoms with Crippen molar-refractivity contribution in [1.82, 2.24) is 5.01 Å². The summed E-state index contributed by atoms with van der Waals surface area (Å²) in [5.74, 6) is 9.84. The molecule has 0 aliphatic rings. The van der Waals surface area contributed by atoms with Crippen LogP contribution in [0.15, 0.2) is 58.9 Å². The summed E-state index contributed by atoms with van der Waals surface area (Å²) in [5, 5.41) is 10.6. The van der Waals surface area contributed by atoms with Crippen LogP contribution in [-0.2, 0) is 0 Å². The van der Waals surface area contributed by atoms with Gasteiger partial charge in [0, 0.05) is 24.2 Å². The van der Waals surface area contributed by atoms with Gasteiger partial charge in [0.1, 0.15) is 13.8 Å². The molecule has 3 nitrogen and oxygen atoms in total. The maximum Gasteiger partial charge on any atom is 0.129 e. The van der Waals surface area contributed by atoms with Crippen molar-refractivity contribution >= 4 is 13.8 Å². The van der Waals surface area contributed by atoms with Crippen molar-refractivity contribution in [1.29, 1.82) is 0 Å². The molecule has 0 aliphatic heterocycles. The summed E-state index contributed by atoms with van der Waals surface area (Å²) >= 11 is 0. The molecule has 0 fully saturated rings. The molecule has 0 heterocycles. The maximum absolute atomic E-state index is 4.38. The summed E-state index contributed by atoms with van der Waals surface area (Å²) in [6.45, 7) is 12.5. The van der Waals surface area contributed by atoms with E-state index in [-0.39, 0.29) is 0 Å². The fraction of sp³-hybridized carbons (Fsp3) is 0.304. The first-order valence-electron chi connectivity index (χ1n) is 9.32. The number of nitrogens with zero attached hydrogens (tertiary/aromatic N) is 3. The molecular formula is C23H27N3Si. The van der Waals surface area contributed by atoms with Gasteiger partial charge in [0.2, 0.25) is 0 Å². The lowest BCUT2D eigenvalue weighted by Gasteiger charge is -2.11. The Balaban J connectivity index is 2.35. The molecule has 0 radical (unpaired) electrons. The molecule has 0 spiro atoms. The molecule has 0 saturated heterocycles. The average molecular weight is 374 g/mol. The van der Waals surface area contributed by atoms with Crippen molar-refractivity contribution in [2.24, 2.45) is 10.3 Å². The maximum atomic E-state index is 4.38. The topological polar surface area (TPSA) is 28.0 Å². The van der Waals surface area contributed by atoms with E-state index in [9.17, 15) is 0 Å². The normalized spacial score (nSPS) is 10.7. The van der Waals surface area contributed by atoms with Gasteiger partial charge in [-0.1, -0.05) is 66.9 Å². The second-order valence-corrected chi connectivity index (χ2v) is 11.9.